The number of rotatable bonds is 4. The maximum atomic E-state index is 12.5. The van der Waals surface area contributed by atoms with Crippen LogP contribution in [0.25, 0.3) is 0 Å². The molecule has 1 N–H and O–H groups in total. The van der Waals surface area contributed by atoms with Crippen molar-refractivity contribution in [1.29, 1.82) is 0 Å². The molecular formula is C18H21NO4. The molecule has 122 valence electrons. The average Bonchev–Trinajstić information content (AvgIpc) is 3.03. The molecule has 1 saturated heterocycles. The van der Waals surface area contributed by atoms with Crippen LogP contribution in [0.1, 0.15) is 30.3 Å². The monoisotopic (exact) mass is 315 g/mol. The first-order valence-electron chi connectivity index (χ1n) is 7.93. The Morgan fingerprint density at radius 3 is 2.83 bits per heavy atom. The molecule has 1 fully saturated rings. The number of carbonyl (C=O) groups is 1. The number of likely N-dealkylation sites (tertiary alicyclic amines) is 1. The van der Waals surface area contributed by atoms with Crippen molar-refractivity contribution in [3.63, 3.8) is 0 Å². The van der Waals surface area contributed by atoms with E-state index in [9.17, 15) is 9.90 Å². The number of hydrogen-bond acceptors (Lipinski definition) is 4. The van der Waals surface area contributed by atoms with E-state index in [2.05, 4.69) is 0 Å². The molecule has 5 heteroatoms. The van der Waals surface area contributed by atoms with Crippen molar-refractivity contribution < 1.29 is 19.1 Å². The Hall–Kier alpha value is -2.27. The van der Waals surface area contributed by atoms with Gasteiger partial charge in [-0.15, -0.1) is 0 Å². The van der Waals surface area contributed by atoms with Crippen LogP contribution in [0.5, 0.6) is 11.7 Å². The zero-order chi connectivity index (χ0) is 16.2. The van der Waals surface area contributed by atoms with Crippen LogP contribution in [-0.2, 0) is 0 Å². The molecule has 1 aliphatic heterocycles. The normalized spacial score (nSPS) is 19.4. The Balaban J connectivity index is 1.66. The first-order chi connectivity index (χ1) is 11.1. The molecule has 1 amide bonds. The number of ether oxygens (including phenoxy) is 1. The van der Waals surface area contributed by atoms with Gasteiger partial charge in [0.1, 0.15) is 5.75 Å². The van der Waals surface area contributed by atoms with Crippen LogP contribution >= 0.6 is 0 Å². The van der Waals surface area contributed by atoms with Gasteiger partial charge < -0.3 is 19.2 Å². The minimum atomic E-state index is -0.404. The molecule has 2 heterocycles. The van der Waals surface area contributed by atoms with E-state index in [1.165, 1.54) is 0 Å². The predicted octanol–water partition coefficient (Wildman–Crippen LogP) is 3.30. The van der Waals surface area contributed by atoms with Crippen molar-refractivity contribution in [3.8, 4) is 11.7 Å². The Labute approximate surface area is 135 Å². The minimum Gasteiger partial charge on any atom is -0.426 e. The van der Waals surface area contributed by atoms with Gasteiger partial charge in [-0.3, -0.25) is 4.79 Å². The molecular weight excluding hydrogens is 294 g/mol. The average molecular weight is 315 g/mol. The number of para-hydroxylation sites is 1. The van der Waals surface area contributed by atoms with Crippen LogP contribution in [-0.4, -0.2) is 35.1 Å². The predicted molar refractivity (Wildman–Crippen MR) is 85.5 cm³/mol. The van der Waals surface area contributed by atoms with Crippen molar-refractivity contribution in [2.24, 2.45) is 5.92 Å². The van der Waals surface area contributed by atoms with Crippen molar-refractivity contribution >= 4 is 5.91 Å². The molecule has 23 heavy (non-hydrogen) atoms. The van der Waals surface area contributed by atoms with Gasteiger partial charge in [0.15, 0.2) is 5.76 Å². The third-order valence-electron chi connectivity index (χ3n) is 4.18. The van der Waals surface area contributed by atoms with Gasteiger partial charge in [-0.1, -0.05) is 18.2 Å². The first-order valence-corrected chi connectivity index (χ1v) is 7.93. The van der Waals surface area contributed by atoms with Gasteiger partial charge in [-0.2, -0.15) is 0 Å². The van der Waals surface area contributed by atoms with Gasteiger partial charge in [0.05, 0.1) is 6.10 Å². The first kappa shape index (κ1) is 15.6. The van der Waals surface area contributed by atoms with E-state index in [0.717, 1.165) is 12.8 Å². The van der Waals surface area contributed by atoms with E-state index < -0.39 is 6.10 Å². The van der Waals surface area contributed by atoms with Crippen molar-refractivity contribution in [2.75, 3.05) is 13.1 Å². The summed E-state index contributed by atoms with van der Waals surface area (Å²) in [7, 11) is 0. The van der Waals surface area contributed by atoms with Crippen LogP contribution in [0.4, 0.5) is 0 Å². The maximum Gasteiger partial charge on any atom is 0.290 e. The number of aliphatic hydroxyl groups excluding tert-OH is 1. The Morgan fingerprint density at radius 2 is 2.09 bits per heavy atom. The van der Waals surface area contributed by atoms with E-state index in [1.54, 1.807) is 24.0 Å². The Bertz CT molecular complexity index is 650. The molecule has 0 radical (unpaired) electrons. The van der Waals surface area contributed by atoms with Crippen molar-refractivity contribution in [2.45, 2.75) is 25.9 Å². The molecule has 1 aromatic heterocycles. The SMILES string of the molecule is CC(O)C1CCCN(C(=O)c2ccc(Oc3ccccc3)o2)C1. The lowest BCUT2D eigenvalue weighted by Gasteiger charge is -2.33. The fourth-order valence-corrected chi connectivity index (χ4v) is 2.84. The van der Waals surface area contributed by atoms with Gasteiger partial charge in [-0.05, 0) is 38.0 Å². The fraction of sp³-hybridized carbons (Fsp3) is 0.389. The lowest BCUT2D eigenvalue weighted by Crippen LogP contribution is -2.42. The highest BCUT2D eigenvalue weighted by Crippen LogP contribution is 2.26. The van der Waals surface area contributed by atoms with Crippen molar-refractivity contribution in [3.05, 3.63) is 48.2 Å². The Morgan fingerprint density at radius 1 is 1.30 bits per heavy atom. The second kappa shape index (κ2) is 6.87. The molecule has 2 unspecified atom stereocenters. The molecule has 0 aliphatic carbocycles. The summed E-state index contributed by atoms with van der Waals surface area (Å²) in [5.41, 5.74) is 0. The zero-order valence-electron chi connectivity index (χ0n) is 13.1. The zero-order valence-corrected chi connectivity index (χ0v) is 13.1. The number of hydrogen-bond donors (Lipinski definition) is 1. The highest BCUT2D eigenvalue weighted by atomic mass is 16.6. The van der Waals surface area contributed by atoms with Gasteiger partial charge in [0, 0.05) is 25.1 Å². The summed E-state index contributed by atoms with van der Waals surface area (Å²) in [5, 5.41) is 9.73. The highest BCUT2D eigenvalue weighted by Gasteiger charge is 2.28. The van der Waals surface area contributed by atoms with Gasteiger partial charge >= 0.3 is 0 Å². The summed E-state index contributed by atoms with van der Waals surface area (Å²) < 4.78 is 11.1. The van der Waals surface area contributed by atoms with Gasteiger partial charge in [0.2, 0.25) is 0 Å². The van der Waals surface area contributed by atoms with Crippen LogP contribution in [0.2, 0.25) is 0 Å². The molecule has 1 aliphatic rings. The molecule has 0 saturated carbocycles. The van der Waals surface area contributed by atoms with E-state index in [0.29, 0.717) is 24.8 Å². The van der Waals surface area contributed by atoms with Gasteiger partial charge in [0.25, 0.3) is 11.9 Å². The van der Waals surface area contributed by atoms with Crippen molar-refractivity contribution in [1.82, 2.24) is 4.90 Å². The molecule has 5 nitrogen and oxygen atoms in total. The number of piperidine rings is 1. The third-order valence-corrected chi connectivity index (χ3v) is 4.18. The van der Waals surface area contributed by atoms with Crippen LogP contribution in [0.3, 0.4) is 0 Å². The Kier molecular flexibility index (Phi) is 4.67. The summed E-state index contributed by atoms with van der Waals surface area (Å²) in [6.45, 7) is 3.03. The number of furan rings is 1. The standard InChI is InChI=1S/C18H21NO4/c1-13(20)14-6-5-11-19(12-14)18(21)16-9-10-17(23-16)22-15-7-3-2-4-8-15/h2-4,7-10,13-14,20H,5-6,11-12H2,1H3. The number of nitrogens with zero attached hydrogens (tertiary/aromatic N) is 1. The van der Waals surface area contributed by atoms with Crippen LogP contribution in [0.15, 0.2) is 46.9 Å². The molecule has 0 spiro atoms. The summed E-state index contributed by atoms with van der Waals surface area (Å²) in [6.07, 6.45) is 1.44. The second-order valence-corrected chi connectivity index (χ2v) is 5.93. The molecule has 1 aromatic carbocycles. The lowest BCUT2D eigenvalue weighted by molar-refractivity contribution is 0.0439. The van der Waals surface area contributed by atoms with Gasteiger partial charge in [-0.25, -0.2) is 0 Å². The molecule has 3 rings (SSSR count). The fourth-order valence-electron chi connectivity index (χ4n) is 2.84. The van der Waals surface area contributed by atoms with Crippen LogP contribution < -0.4 is 4.74 Å². The van der Waals surface area contributed by atoms with E-state index in [1.807, 2.05) is 30.3 Å². The summed E-state index contributed by atoms with van der Waals surface area (Å²) in [5.74, 6) is 1.19. The maximum absolute atomic E-state index is 12.5. The van der Waals surface area contributed by atoms with E-state index in [-0.39, 0.29) is 17.6 Å². The number of carbonyl (C=O) groups excluding carboxylic acids is 1. The summed E-state index contributed by atoms with van der Waals surface area (Å²) in [4.78, 5) is 14.3. The number of benzene rings is 1. The number of aliphatic hydroxyl groups is 1. The molecule has 0 bridgehead atoms. The largest absolute Gasteiger partial charge is 0.426 e. The summed E-state index contributed by atoms with van der Waals surface area (Å²) >= 11 is 0. The smallest absolute Gasteiger partial charge is 0.290 e. The van der Waals surface area contributed by atoms with E-state index in [4.69, 9.17) is 9.15 Å². The summed E-state index contributed by atoms with van der Waals surface area (Å²) in [6, 6.07) is 12.6. The van der Waals surface area contributed by atoms with E-state index >= 15 is 0 Å². The lowest BCUT2D eigenvalue weighted by atomic mass is 9.93. The quantitative estimate of drug-likeness (QED) is 0.940. The minimum absolute atomic E-state index is 0.128. The molecule has 2 aromatic rings. The van der Waals surface area contributed by atoms with Crippen LogP contribution in [0, 0.1) is 5.92 Å². The topological polar surface area (TPSA) is 62.9 Å². The third kappa shape index (κ3) is 3.74. The second-order valence-electron chi connectivity index (χ2n) is 5.93. The molecule has 2 atom stereocenters. The number of amides is 1. The highest BCUT2D eigenvalue weighted by molar-refractivity contribution is 5.91.